The number of nitriles is 1. The van der Waals surface area contributed by atoms with Crippen LogP contribution in [0.5, 0.6) is 11.5 Å². The van der Waals surface area contributed by atoms with Gasteiger partial charge in [0, 0.05) is 17.8 Å². The number of benzene rings is 2. The summed E-state index contributed by atoms with van der Waals surface area (Å²) in [7, 11) is 0. The minimum absolute atomic E-state index is 0.324. The van der Waals surface area contributed by atoms with Crippen LogP contribution in [0, 0.1) is 11.3 Å². The van der Waals surface area contributed by atoms with Crippen molar-refractivity contribution in [2.75, 3.05) is 5.73 Å². The second kappa shape index (κ2) is 5.58. The van der Waals surface area contributed by atoms with E-state index in [4.69, 9.17) is 50.5 Å². The molecule has 0 spiro atoms. The predicted molar refractivity (Wildman–Crippen MR) is 77.1 cm³/mol. The second-order valence-electron chi connectivity index (χ2n) is 3.66. The molecule has 3 nitrogen and oxygen atoms in total. The second-order valence-corrected chi connectivity index (χ2v) is 4.88. The highest BCUT2D eigenvalue weighted by Gasteiger charge is 2.09. The number of rotatable bonds is 2. The summed E-state index contributed by atoms with van der Waals surface area (Å²) in [5.74, 6) is 0.788. The van der Waals surface area contributed by atoms with Gasteiger partial charge in [-0.15, -0.1) is 0 Å². The summed E-state index contributed by atoms with van der Waals surface area (Å²) in [5, 5.41) is 9.89. The molecule has 0 aliphatic rings. The minimum atomic E-state index is 0.324. The van der Waals surface area contributed by atoms with Gasteiger partial charge in [0.1, 0.15) is 17.6 Å². The summed E-state index contributed by atoms with van der Waals surface area (Å²) in [4.78, 5) is 0. The first-order valence-corrected chi connectivity index (χ1v) is 6.26. The van der Waals surface area contributed by atoms with E-state index in [2.05, 4.69) is 0 Å². The standard InChI is InChI=1S/C13H7Cl3N2O/c14-9-4-11(16)13(5-10(9)15)19-8-1-2-12(18)7(3-8)6-17/h1-5H,18H2. The van der Waals surface area contributed by atoms with Gasteiger partial charge in [-0.05, 0) is 18.2 Å². The van der Waals surface area contributed by atoms with E-state index in [1.165, 1.54) is 18.2 Å². The highest BCUT2D eigenvalue weighted by molar-refractivity contribution is 6.43. The van der Waals surface area contributed by atoms with Gasteiger partial charge in [0.2, 0.25) is 0 Å². The van der Waals surface area contributed by atoms with Crippen LogP contribution < -0.4 is 10.5 Å². The van der Waals surface area contributed by atoms with Gasteiger partial charge in [-0.3, -0.25) is 0 Å². The zero-order valence-electron chi connectivity index (χ0n) is 9.45. The van der Waals surface area contributed by atoms with Crippen LogP contribution in [0.25, 0.3) is 0 Å². The molecular weight excluding hydrogens is 307 g/mol. The monoisotopic (exact) mass is 312 g/mol. The summed E-state index contributed by atoms with van der Waals surface area (Å²) in [6, 6.07) is 9.71. The normalized spacial score (nSPS) is 10.0. The summed E-state index contributed by atoms with van der Waals surface area (Å²) in [5.41, 5.74) is 6.34. The Kier molecular flexibility index (Phi) is 4.06. The number of halogens is 3. The molecule has 0 heterocycles. The number of nitrogens with two attached hydrogens (primary N) is 1. The first kappa shape index (κ1) is 13.8. The van der Waals surface area contributed by atoms with Crippen molar-refractivity contribution in [2.45, 2.75) is 0 Å². The van der Waals surface area contributed by atoms with Crippen LogP contribution in [0.4, 0.5) is 5.69 Å². The van der Waals surface area contributed by atoms with Crippen molar-refractivity contribution in [3.63, 3.8) is 0 Å². The van der Waals surface area contributed by atoms with Crippen molar-refractivity contribution in [3.05, 3.63) is 51.0 Å². The van der Waals surface area contributed by atoms with Crippen LogP contribution in [0.1, 0.15) is 5.56 Å². The maximum Gasteiger partial charge on any atom is 0.147 e. The zero-order chi connectivity index (χ0) is 14.0. The molecule has 0 bridgehead atoms. The Morgan fingerprint density at radius 3 is 2.37 bits per heavy atom. The van der Waals surface area contributed by atoms with Crippen LogP contribution in [-0.4, -0.2) is 0 Å². The van der Waals surface area contributed by atoms with E-state index in [1.807, 2.05) is 6.07 Å². The third-order valence-corrected chi connectivity index (χ3v) is 3.37. The average molecular weight is 314 g/mol. The van der Waals surface area contributed by atoms with Crippen LogP contribution >= 0.6 is 34.8 Å². The van der Waals surface area contributed by atoms with Crippen molar-refractivity contribution in [2.24, 2.45) is 0 Å². The fourth-order valence-corrected chi connectivity index (χ4v) is 1.98. The maximum absolute atomic E-state index is 8.89. The van der Waals surface area contributed by atoms with E-state index < -0.39 is 0 Å². The van der Waals surface area contributed by atoms with Crippen molar-refractivity contribution in [1.29, 1.82) is 5.26 Å². The number of nitrogens with zero attached hydrogens (tertiary/aromatic N) is 1. The first-order valence-electron chi connectivity index (χ1n) is 5.13. The van der Waals surface area contributed by atoms with Crippen molar-refractivity contribution < 1.29 is 4.74 Å². The molecule has 2 aromatic rings. The van der Waals surface area contributed by atoms with Crippen LogP contribution in [0.15, 0.2) is 30.3 Å². The Hall–Kier alpha value is -1.60. The molecular formula is C13H7Cl3N2O. The van der Waals surface area contributed by atoms with Gasteiger partial charge >= 0.3 is 0 Å². The van der Waals surface area contributed by atoms with Crippen molar-refractivity contribution in [3.8, 4) is 17.6 Å². The molecule has 0 atom stereocenters. The molecule has 0 radical (unpaired) electrons. The summed E-state index contributed by atoms with van der Waals surface area (Å²) in [6.07, 6.45) is 0. The molecule has 19 heavy (non-hydrogen) atoms. The van der Waals surface area contributed by atoms with Gasteiger partial charge in [-0.2, -0.15) is 5.26 Å². The average Bonchev–Trinajstić information content (AvgIpc) is 2.38. The molecule has 96 valence electrons. The molecule has 0 fully saturated rings. The van der Waals surface area contributed by atoms with Gasteiger partial charge < -0.3 is 10.5 Å². The molecule has 0 unspecified atom stereocenters. The number of nitrogen functional groups attached to an aromatic ring is 1. The molecule has 2 N–H and O–H groups in total. The van der Waals surface area contributed by atoms with E-state index in [1.54, 1.807) is 12.1 Å². The predicted octanol–water partition coefficient (Wildman–Crippen LogP) is 4.89. The lowest BCUT2D eigenvalue weighted by Crippen LogP contribution is -1.92. The van der Waals surface area contributed by atoms with E-state index in [9.17, 15) is 0 Å². The maximum atomic E-state index is 8.89. The van der Waals surface area contributed by atoms with E-state index >= 15 is 0 Å². The van der Waals surface area contributed by atoms with E-state index in [0.717, 1.165) is 0 Å². The number of hydrogen-bond acceptors (Lipinski definition) is 3. The third-order valence-electron chi connectivity index (χ3n) is 2.35. The molecule has 2 rings (SSSR count). The van der Waals surface area contributed by atoms with Gasteiger partial charge in [-0.1, -0.05) is 34.8 Å². The molecule has 2 aromatic carbocycles. The topological polar surface area (TPSA) is 59.0 Å². The highest BCUT2D eigenvalue weighted by atomic mass is 35.5. The number of ether oxygens (including phenoxy) is 1. The van der Waals surface area contributed by atoms with Gasteiger partial charge in [0.15, 0.2) is 0 Å². The van der Waals surface area contributed by atoms with Crippen molar-refractivity contribution >= 4 is 40.5 Å². The molecule has 0 aromatic heterocycles. The third kappa shape index (κ3) is 3.05. The first-order chi connectivity index (χ1) is 9.01. The van der Waals surface area contributed by atoms with Crippen LogP contribution in [-0.2, 0) is 0 Å². The molecule has 0 aliphatic carbocycles. The Morgan fingerprint density at radius 1 is 1.00 bits per heavy atom. The summed E-state index contributed by atoms with van der Waals surface area (Å²) < 4.78 is 5.56. The Balaban J connectivity index is 2.37. The fraction of sp³-hybridized carbons (Fsp3) is 0. The summed E-state index contributed by atoms with van der Waals surface area (Å²) >= 11 is 17.7. The highest BCUT2D eigenvalue weighted by Crippen LogP contribution is 2.36. The SMILES string of the molecule is N#Cc1cc(Oc2cc(Cl)c(Cl)cc2Cl)ccc1N. The number of anilines is 1. The lowest BCUT2D eigenvalue weighted by atomic mass is 10.2. The molecule has 0 aliphatic heterocycles. The minimum Gasteiger partial charge on any atom is -0.456 e. The lowest BCUT2D eigenvalue weighted by molar-refractivity contribution is 0.483. The van der Waals surface area contributed by atoms with Crippen molar-refractivity contribution in [1.82, 2.24) is 0 Å². The van der Waals surface area contributed by atoms with Crippen LogP contribution in [0.3, 0.4) is 0 Å². The fourth-order valence-electron chi connectivity index (χ4n) is 1.41. The quantitative estimate of drug-likeness (QED) is 0.634. The van der Waals surface area contributed by atoms with Gasteiger partial charge in [-0.25, -0.2) is 0 Å². The molecule has 0 saturated carbocycles. The van der Waals surface area contributed by atoms with Gasteiger partial charge in [0.05, 0.1) is 20.6 Å². The molecule has 0 amide bonds. The van der Waals surface area contributed by atoms with Crippen LogP contribution in [0.2, 0.25) is 15.1 Å². The summed E-state index contributed by atoms with van der Waals surface area (Å²) in [6.45, 7) is 0. The zero-order valence-corrected chi connectivity index (χ0v) is 11.7. The van der Waals surface area contributed by atoms with E-state index in [0.29, 0.717) is 37.8 Å². The number of hydrogen-bond donors (Lipinski definition) is 1. The lowest BCUT2D eigenvalue weighted by Gasteiger charge is -2.09. The molecule has 0 saturated heterocycles. The van der Waals surface area contributed by atoms with E-state index in [-0.39, 0.29) is 0 Å². The molecule has 6 heteroatoms. The largest absolute Gasteiger partial charge is 0.456 e. The van der Waals surface area contributed by atoms with Gasteiger partial charge in [0.25, 0.3) is 0 Å². The Morgan fingerprint density at radius 2 is 1.68 bits per heavy atom. The Labute approximate surface area is 125 Å². The Bertz CT molecular complexity index is 680. The smallest absolute Gasteiger partial charge is 0.147 e.